The molecule has 2 aliphatic rings. The Morgan fingerprint density at radius 1 is 0.974 bits per heavy atom. The van der Waals surface area contributed by atoms with Crippen molar-refractivity contribution in [3.63, 3.8) is 0 Å². The fourth-order valence-corrected chi connectivity index (χ4v) is 6.60. The zero-order valence-electron chi connectivity index (χ0n) is 21.0. The average Bonchev–Trinajstić information content (AvgIpc) is 3.06. The van der Waals surface area contributed by atoms with Gasteiger partial charge in [-0.1, -0.05) is 71.2 Å². The number of hydrogen-bond donors (Lipinski definition) is 1. The normalized spacial score (nSPS) is 16.2. The Bertz CT molecular complexity index is 1380. The second-order valence-electron chi connectivity index (χ2n) is 10.2. The molecule has 0 aromatic heterocycles. The molecule has 7 heteroatoms. The lowest BCUT2D eigenvalue weighted by molar-refractivity contribution is 0.0697. The smallest absolute Gasteiger partial charge is 0.337 e. The van der Waals surface area contributed by atoms with Crippen LogP contribution < -0.4 is 0 Å². The zero-order valence-corrected chi connectivity index (χ0v) is 23.2. The van der Waals surface area contributed by atoms with Crippen LogP contribution in [0.1, 0.15) is 57.4 Å². The number of carboxylic acid groups (broad SMARTS) is 1. The van der Waals surface area contributed by atoms with E-state index in [2.05, 4.69) is 29.2 Å². The summed E-state index contributed by atoms with van der Waals surface area (Å²) >= 11 is 19.6. The summed E-state index contributed by atoms with van der Waals surface area (Å²) in [7, 11) is 0. The molecule has 198 valence electrons. The van der Waals surface area contributed by atoms with Gasteiger partial charge in [0.2, 0.25) is 0 Å². The van der Waals surface area contributed by atoms with Gasteiger partial charge in [-0.25, -0.2) is 4.79 Å². The van der Waals surface area contributed by atoms with Gasteiger partial charge in [0, 0.05) is 29.7 Å². The Balaban J connectivity index is 1.54. The molecular weight excluding hydrogens is 544 g/mol. The minimum absolute atomic E-state index is 0.120. The van der Waals surface area contributed by atoms with Gasteiger partial charge in [-0.2, -0.15) is 0 Å². The van der Waals surface area contributed by atoms with E-state index < -0.39 is 5.97 Å². The maximum atomic E-state index is 12.4. The van der Waals surface area contributed by atoms with E-state index in [0.29, 0.717) is 33.8 Å². The number of fused-ring (bicyclic) bond motifs is 1. The summed E-state index contributed by atoms with van der Waals surface area (Å²) in [4.78, 5) is 14.1. The summed E-state index contributed by atoms with van der Waals surface area (Å²) in [6, 6.07) is 17.7. The predicted molar refractivity (Wildman–Crippen MR) is 154 cm³/mol. The maximum absolute atomic E-state index is 12.4. The highest BCUT2D eigenvalue weighted by Gasteiger charge is 2.27. The fraction of sp³-hybridized carbons (Fsp3) is 0.323. The van der Waals surface area contributed by atoms with Crippen LogP contribution in [0.4, 0.5) is 4.39 Å². The molecule has 0 atom stereocenters. The molecule has 1 fully saturated rings. The first-order chi connectivity index (χ1) is 18.4. The van der Waals surface area contributed by atoms with Crippen molar-refractivity contribution in [1.82, 2.24) is 4.90 Å². The topological polar surface area (TPSA) is 40.5 Å². The number of carbonyl (C=O) groups is 1. The van der Waals surface area contributed by atoms with E-state index in [-0.39, 0.29) is 12.2 Å². The molecule has 0 spiro atoms. The van der Waals surface area contributed by atoms with Gasteiger partial charge in [-0.3, -0.25) is 4.39 Å². The number of aromatic carboxylic acids is 1. The van der Waals surface area contributed by atoms with E-state index >= 15 is 0 Å². The standard InChI is InChI=1S/C31H29Cl3FNO2/c32-22-9-10-23(28(33)16-22)24-3-1-4-26-25(11-12-27(30(26)34)31(37)38)29(24)21-7-5-19(6-8-21)15-20-17-36(18-20)14-2-13-35/h5-12,16,20H,1-4,13-15,17-18H2,(H,37,38). The van der Waals surface area contributed by atoms with Crippen molar-refractivity contribution < 1.29 is 14.3 Å². The summed E-state index contributed by atoms with van der Waals surface area (Å²) in [6.07, 6.45) is 3.85. The number of hydrogen-bond acceptors (Lipinski definition) is 2. The molecule has 3 aromatic carbocycles. The number of carboxylic acids is 1. The average molecular weight is 573 g/mol. The van der Waals surface area contributed by atoms with Crippen molar-refractivity contribution >= 4 is 51.9 Å². The minimum Gasteiger partial charge on any atom is -0.478 e. The van der Waals surface area contributed by atoms with E-state index in [1.165, 1.54) is 5.56 Å². The second kappa shape index (κ2) is 11.8. The molecule has 1 N–H and O–H groups in total. The maximum Gasteiger partial charge on any atom is 0.337 e. The Labute approximate surface area is 237 Å². The summed E-state index contributed by atoms with van der Waals surface area (Å²) in [5.41, 5.74) is 7.26. The minimum atomic E-state index is -1.03. The summed E-state index contributed by atoms with van der Waals surface area (Å²) < 4.78 is 12.4. The number of alkyl halides is 1. The quantitative estimate of drug-likeness (QED) is 0.294. The van der Waals surface area contributed by atoms with Crippen molar-refractivity contribution in [2.24, 2.45) is 5.92 Å². The first-order valence-corrected chi connectivity index (χ1v) is 14.1. The van der Waals surface area contributed by atoms with Crippen LogP contribution >= 0.6 is 34.8 Å². The number of benzene rings is 3. The van der Waals surface area contributed by atoms with Crippen molar-refractivity contribution in [2.45, 2.75) is 32.1 Å². The lowest BCUT2D eigenvalue weighted by atomic mass is 9.86. The zero-order chi connectivity index (χ0) is 26.8. The monoisotopic (exact) mass is 571 g/mol. The largest absolute Gasteiger partial charge is 0.478 e. The number of allylic oxidation sites excluding steroid dienone is 1. The van der Waals surface area contributed by atoms with E-state index in [4.69, 9.17) is 34.8 Å². The van der Waals surface area contributed by atoms with Crippen LogP contribution in [0, 0.1) is 5.92 Å². The number of likely N-dealkylation sites (tertiary alicyclic amines) is 1. The molecule has 3 aromatic rings. The third-order valence-corrected chi connectivity index (χ3v) is 8.54. The van der Waals surface area contributed by atoms with Gasteiger partial charge in [0.15, 0.2) is 0 Å². The SMILES string of the molecule is O=C(O)c1ccc2c(c1Cl)CCCC(c1ccc(Cl)cc1Cl)=C2c1ccc(CC2CN(CCCF)C2)cc1. The highest BCUT2D eigenvalue weighted by Crippen LogP contribution is 2.44. The molecule has 5 rings (SSSR count). The number of nitrogens with zero attached hydrogens (tertiary/aromatic N) is 1. The molecular formula is C31H29Cl3FNO2. The van der Waals surface area contributed by atoms with E-state index in [9.17, 15) is 14.3 Å². The van der Waals surface area contributed by atoms with E-state index in [1.54, 1.807) is 12.1 Å². The summed E-state index contributed by atoms with van der Waals surface area (Å²) in [5, 5.41) is 11.1. The Morgan fingerprint density at radius 2 is 1.71 bits per heavy atom. The molecule has 38 heavy (non-hydrogen) atoms. The molecule has 3 nitrogen and oxygen atoms in total. The van der Waals surface area contributed by atoms with Gasteiger partial charge >= 0.3 is 5.97 Å². The molecule has 1 aliphatic carbocycles. The van der Waals surface area contributed by atoms with Crippen LogP contribution in [0.3, 0.4) is 0 Å². The van der Waals surface area contributed by atoms with Crippen molar-refractivity contribution in [3.8, 4) is 0 Å². The molecule has 1 aliphatic heterocycles. The van der Waals surface area contributed by atoms with Crippen LogP contribution in [-0.4, -0.2) is 42.3 Å². The lowest BCUT2D eigenvalue weighted by Crippen LogP contribution is -2.47. The van der Waals surface area contributed by atoms with Crippen LogP contribution in [-0.2, 0) is 12.8 Å². The third kappa shape index (κ3) is 5.65. The highest BCUT2D eigenvalue weighted by molar-refractivity contribution is 6.36. The van der Waals surface area contributed by atoms with Crippen LogP contribution in [0.5, 0.6) is 0 Å². The number of halogens is 4. The Morgan fingerprint density at radius 3 is 2.39 bits per heavy atom. The van der Waals surface area contributed by atoms with Gasteiger partial charge in [-0.15, -0.1) is 0 Å². The summed E-state index contributed by atoms with van der Waals surface area (Å²) in [6.45, 7) is 2.61. The van der Waals surface area contributed by atoms with Crippen molar-refractivity contribution in [3.05, 3.63) is 103 Å². The number of rotatable bonds is 8. The van der Waals surface area contributed by atoms with Crippen molar-refractivity contribution in [1.29, 1.82) is 0 Å². The van der Waals surface area contributed by atoms with E-state index in [1.807, 2.05) is 18.2 Å². The van der Waals surface area contributed by atoms with Crippen LogP contribution in [0.15, 0.2) is 54.6 Å². The van der Waals surface area contributed by atoms with Gasteiger partial charge in [0.1, 0.15) is 0 Å². The first-order valence-electron chi connectivity index (χ1n) is 13.0. The fourth-order valence-electron chi connectivity index (χ4n) is 5.74. The van der Waals surface area contributed by atoms with Gasteiger partial charge in [0.25, 0.3) is 0 Å². The van der Waals surface area contributed by atoms with Crippen molar-refractivity contribution in [2.75, 3.05) is 26.3 Å². The van der Waals surface area contributed by atoms with Gasteiger partial charge in [-0.05, 0) is 95.2 Å². The Kier molecular flexibility index (Phi) is 8.44. The molecule has 0 bridgehead atoms. The van der Waals surface area contributed by atoms with Crippen LogP contribution in [0.25, 0.3) is 11.1 Å². The third-order valence-electron chi connectivity index (χ3n) is 7.56. The lowest BCUT2D eigenvalue weighted by Gasteiger charge is -2.39. The van der Waals surface area contributed by atoms with E-state index in [0.717, 1.165) is 72.3 Å². The summed E-state index contributed by atoms with van der Waals surface area (Å²) in [5.74, 6) is -0.438. The first kappa shape index (κ1) is 27.2. The molecule has 0 saturated carbocycles. The molecule has 0 radical (unpaired) electrons. The van der Waals surface area contributed by atoms with Gasteiger partial charge < -0.3 is 10.0 Å². The molecule has 1 saturated heterocycles. The highest BCUT2D eigenvalue weighted by atomic mass is 35.5. The van der Waals surface area contributed by atoms with Gasteiger partial charge in [0.05, 0.1) is 17.3 Å². The second-order valence-corrected chi connectivity index (χ2v) is 11.4. The van der Waals surface area contributed by atoms with Crippen LogP contribution in [0.2, 0.25) is 15.1 Å². The molecule has 1 heterocycles. The molecule has 0 unspecified atom stereocenters. The predicted octanol–water partition coefficient (Wildman–Crippen LogP) is 8.47. The molecule has 0 amide bonds. The Hall–Kier alpha value is -2.37.